The summed E-state index contributed by atoms with van der Waals surface area (Å²) in [6, 6.07) is 8.96. The second-order valence-electron chi connectivity index (χ2n) is 4.99. The first-order valence-corrected chi connectivity index (χ1v) is 9.98. The number of carbonyl (C=O) groups is 1. The highest BCUT2D eigenvalue weighted by Crippen LogP contribution is 2.13. The Morgan fingerprint density at radius 3 is 2.56 bits per heavy atom. The van der Waals surface area contributed by atoms with Gasteiger partial charge in [-0.25, -0.2) is 13.4 Å². The summed E-state index contributed by atoms with van der Waals surface area (Å²) in [7, 11) is -0.859. The van der Waals surface area contributed by atoms with Gasteiger partial charge < -0.3 is 0 Å². The molecule has 0 aliphatic rings. The quantitative estimate of drug-likeness (QED) is 0.524. The molecule has 0 radical (unpaired) electrons. The van der Waals surface area contributed by atoms with Crippen molar-refractivity contribution in [1.82, 2.24) is 20.2 Å². The number of hydrazine groups is 2. The molecule has 2 aromatic rings. The topological polar surface area (TPSA) is 94.6 Å². The van der Waals surface area contributed by atoms with Gasteiger partial charge in [0.1, 0.15) is 10.7 Å². The average Bonchev–Trinajstić information content (AvgIpc) is 3.08. The van der Waals surface area contributed by atoms with Crippen LogP contribution in [0.25, 0.3) is 0 Å². The summed E-state index contributed by atoms with van der Waals surface area (Å²) in [4.78, 5) is 18.5. The van der Waals surface area contributed by atoms with Crippen molar-refractivity contribution in [2.45, 2.75) is 0 Å². The summed E-state index contributed by atoms with van der Waals surface area (Å²) in [6.45, 7) is 0. The Bertz CT molecular complexity index is 825. The van der Waals surface area contributed by atoms with Crippen molar-refractivity contribution < 1.29 is 13.2 Å². The predicted octanol–water partition coefficient (Wildman–Crippen LogP) is 0.752. The van der Waals surface area contributed by atoms with Crippen LogP contribution in [0.15, 0.2) is 41.9 Å². The molecule has 0 aliphatic heterocycles. The summed E-state index contributed by atoms with van der Waals surface area (Å²) in [5.74, 6) is -1.44. The molecule has 0 unspecified atom stereocenters. The second kappa shape index (κ2) is 8.34. The highest BCUT2D eigenvalue weighted by Gasteiger charge is 2.21. The van der Waals surface area contributed by atoms with E-state index in [2.05, 4.69) is 15.2 Å². The molecule has 1 aromatic carbocycles. The highest BCUT2D eigenvalue weighted by atomic mass is 32.2. The fraction of sp³-hybridized carbons (Fsp3) is 0.214. The van der Waals surface area contributed by atoms with Gasteiger partial charge in [0.2, 0.25) is 15.2 Å². The molecule has 25 heavy (non-hydrogen) atoms. The van der Waals surface area contributed by atoms with Crippen molar-refractivity contribution in [2.75, 3.05) is 24.9 Å². The minimum atomic E-state index is -3.91. The van der Waals surface area contributed by atoms with Crippen LogP contribution in [-0.4, -0.2) is 49.2 Å². The summed E-state index contributed by atoms with van der Waals surface area (Å²) < 4.78 is 24.3. The molecule has 1 aromatic heterocycles. The van der Waals surface area contributed by atoms with Crippen LogP contribution in [0.2, 0.25) is 0 Å². The highest BCUT2D eigenvalue weighted by molar-refractivity contribution is 7.90. The van der Waals surface area contributed by atoms with Crippen LogP contribution in [0.5, 0.6) is 0 Å². The van der Waals surface area contributed by atoms with Crippen LogP contribution >= 0.6 is 23.6 Å². The molecule has 0 aliphatic carbocycles. The zero-order chi connectivity index (χ0) is 18.4. The van der Waals surface area contributed by atoms with E-state index in [1.54, 1.807) is 42.9 Å². The van der Waals surface area contributed by atoms with Crippen molar-refractivity contribution in [3.05, 3.63) is 47.5 Å². The Balaban J connectivity index is 1.92. The predicted molar refractivity (Wildman–Crippen MR) is 101 cm³/mol. The molecule has 8 nitrogen and oxygen atoms in total. The molecule has 11 heteroatoms. The number of aromatic nitrogens is 1. The normalized spacial score (nSPS) is 11.0. The molecule has 0 saturated carbocycles. The standard InChI is InChI=1S/C14H17N5O3S3/c1-18(13(23)11-6-4-3-5-7-11)17-25(21,22)10-12(20)16-19(2)14-15-8-9-24-14/h3-9,17H,10H2,1-2H3,(H,16,20). The average molecular weight is 400 g/mol. The SMILES string of the molecule is CN(NS(=O)(=O)CC(=O)NN(C)c1nccs1)C(=S)c1ccccc1. The molecule has 0 bridgehead atoms. The second-order valence-corrected chi connectivity index (χ2v) is 7.95. The van der Waals surface area contributed by atoms with Gasteiger partial charge in [0.25, 0.3) is 5.91 Å². The fourth-order valence-corrected chi connectivity index (χ4v) is 3.67. The van der Waals surface area contributed by atoms with Crippen LogP contribution < -0.4 is 15.3 Å². The lowest BCUT2D eigenvalue weighted by Gasteiger charge is -2.21. The van der Waals surface area contributed by atoms with Gasteiger partial charge in [-0.3, -0.25) is 20.2 Å². The molecule has 1 heterocycles. The minimum Gasteiger partial charge on any atom is -0.287 e. The molecule has 0 fully saturated rings. The number of hydrogen-bond donors (Lipinski definition) is 2. The number of nitrogens with one attached hydrogen (secondary N) is 2. The van der Waals surface area contributed by atoms with Gasteiger partial charge in [-0.15, -0.1) is 16.2 Å². The Morgan fingerprint density at radius 1 is 1.28 bits per heavy atom. The largest absolute Gasteiger partial charge is 0.287 e. The Morgan fingerprint density at radius 2 is 1.96 bits per heavy atom. The van der Waals surface area contributed by atoms with E-state index in [0.29, 0.717) is 15.7 Å². The summed E-state index contributed by atoms with van der Waals surface area (Å²) in [5.41, 5.74) is 3.13. The van der Waals surface area contributed by atoms with Crippen LogP contribution in [0, 0.1) is 0 Å². The number of amides is 1. The van der Waals surface area contributed by atoms with Gasteiger partial charge in [-0.2, -0.15) is 0 Å². The van der Waals surface area contributed by atoms with Crippen LogP contribution in [0.1, 0.15) is 5.56 Å². The Hall–Kier alpha value is -2.08. The Labute approximate surface area is 155 Å². The number of hydrogen-bond acceptors (Lipinski definition) is 7. The maximum Gasteiger partial charge on any atom is 0.255 e. The number of benzene rings is 1. The van der Waals surface area contributed by atoms with Gasteiger partial charge in [0.15, 0.2) is 0 Å². The van der Waals surface area contributed by atoms with Crippen LogP contribution in [0.3, 0.4) is 0 Å². The number of thiocarbonyl (C=S) groups is 1. The van der Waals surface area contributed by atoms with Gasteiger partial charge in [0.05, 0.1) is 0 Å². The van der Waals surface area contributed by atoms with Crippen molar-refractivity contribution in [3.63, 3.8) is 0 Å². The van der Waals surface area contributed by atoms with Gasteiger partial charge in [-0.05, 0) is 0 Å². The lowest BCUT2D eigenvalue weighted by atomic mass is 10.2. The van der Waals surface area contributed by atoms with Crippen LogP contribution in [0.4, 0.5) is 5.13 Å². The first-order chi connectivity index (χ1) is 11.8. The van der Waals surface area contributed by atoms with E-state index in [9.17, 15) is 13.2 Å². The van der Waals surface area contributed by atoms with E-state index in [1.165, 1.54) is 28.4 Å². The minimum absolute atomic E-state index is 0.296. The third-order valence-electron chi connectivity index (χ3n) is 2.92. The van der Waals surface area contributed by atoms with Crippen molar-refractivity contribution in [2.24, 2.45) is 0 Å². The number of sulfonamides is 1. The zero-order valence-corrected chi connectivity index (χ0v) is 16.0. The third kappa shape index (κ3) is 5.74. The van der Waals surface area contributed by atoms with Gasteiger partial charge >= 0.3 is 0 Å². The number of carbonyl (C=O) groups excluding carboxylic acids is 1. The third-order valence-corrected chi connectivity index (χ3v) is 5.47. The molecule has 2 rings (SSSR count). The molecular formula is C14H17N5O3S3. The van der Waals surface area contributed by atoms with E-state index in [-0.39, 0.29) is 0 Å². The van der Waals surface area contributed by atoms with Crippen molar-refractivity contribution in [1.29, 1.82) is 0 Å². The molecule has 0 spiro atoms. The van der Waals surface area contributed by atoms with Crippen molar-refractivity contribution in [3.8, 4) is 0 Å². The number of rotatable bonds is 7. The zero-order valence-electron chi connectivity index (χ0n) is 13.5. The number of nitrogens with zero attached hydrogens (tertiary/aromatic N) is 3. The smallest absolute Gasteiger partial charge is 0.255 e. The summed E-state index contributed by atoms with van der Waals surface area (Å²) in [6.07, 6.45) is 1.58. The summed E-state index contributed by atoms with van der Waals surface area (Å²) >= 11 is 6.54. The number of thiazole rings is 1. The molecular weight excluding hydrogens is 382 g/mol. The molecule has 2 N–H and O–H groups in total. The van der Waals surface area contributed by atoms with Gasteiger partial charge in [-0.1, -0.05) is 42.5 Å². The molecule has 0 atom stereocenters. The van der Waals surface area contributed by atoms with Crippen LogP contribution in [-0.2, 0) is 14.8 Å². The molecule has 1 amide bonds. The maximum atomic E-state index is 12.2. The van der Waals surface area contributed by atoms with Gasteiger partial charge in [0, 0.05) is 31.2 Å². The van der Waals surface area contributed by atoms with E-state index in [0.717, 1.165) is 0 Å². The fourth-order valence-electron chi connectivity index (χ4n) is 1.88. The molecule has 0 saturated heterocycles. The number of anilines is 1. The lowest BCUT2D eigenvalue weighted by Crippen LogP contribution is -2.48. The first-order valence-electron chi connectivity index (χ1n) is 7.04. The van der Waals surface area contributed by atoms with E-state index in [1.807, 2.05) is 6.07 Å². The summed E-state index contributed by atoms with van der Waals surface area (Å²) in [5, 5.41) is 4.84. The maximum absolute atomic E-state index is 12.2. The lowest BCUT2D eigenvalue weighted by molar-refractivity contribution is -0.118. The Kier molecular flexibility index (Phi) is 6.42. The van der Waals surface area contributed by atoms with Crippen molar-refractivity contribution >= 4 is 49.6 Å². The van der Waals surface area contributed by atoms with E-state index >= 15 is 0 Å². The van der Waals surface area contributed by atoms with E-state index < -0.39 is 21.7 Å². The first kappa shape index (κ1) is 19.2. The monoisotopic (exact) mass is 399 g/mol. The molecule has 134 valence electrons. The van der Waals surface area contributed by atoms with E-state index in [4.69, 9.17) is 12.2 Å².